The van der Waals surface area contributed by atoms with Crippen LogP contribution in [0.5, 0.6) is 11.5 Å². The van der Waals surface area contributed by atoms with Crippen LogP contribution in [0.15, 0.2) is 18.2 Å². The fourth-order valence-electron chi connectivity index (χ4n) is 3.68. The van der Waals surface area contributed by atoms with Gasteiger partial charge in [-0.2, -0.15) is 0 Å². The number of thiocarbonyl (C=S) groups is 1. The van der Waals surface area contributed by atoms with E-state index in [1.165, 1.54) is 12.8 Å². The van der Waals surface area contributed by atoms with Crippen molar-refractivity contribution in [2.45, 2.75) is 25.7 Å². The van der Waals surface area contributed by atoms with Crippen LogP contribution in [0, 0.1) is 5.92 Å². The topological polar surface area (TPSA) is 54.0 Å². The predicted octanol–water partition coefficient (Wildman–Crippen LogP) is 2.74. The number of benzene rings is 1. The van der Waals surface area contributed by atoms with E-state index in [-0.39, 0.29) is 5.92 Å². The van der Waals surface area contributed by atoms with Gasteiger partial charge in [0.2, 0.25) is 5.91 Å². The number of nitrogens with one attached hydrogen (secondary N) is 1. The van der Waals surface area contributed by atoms with Gasteiger partial charge in [0.25, 0.3) is 0 Å². The average Bonchev–Trinajstić information content (AvgIpc) is 3.22. The van der Waals surface area contributed by atoms with Crippen molar-refractivity contribution in [1.29, 1.82) is 0 Å². The van der Waals surface area contributed by atoms with Crippen LogP contribution < -0.4 is 14.8 Å². The minimum absolute atomic E-state index is 0.249. The van der Waals surface area contributed by atoms with Crippen LogP contribution in [0.3, 0.4) is 0 Å². The fraction of sp³-hybridized carbons (Fsp3) is 0.579. The minimum Gasteiger partial charge on any atom is -0.493 e. The molecule has 2 fully saturated rings. The standard InChI is InChI=1S/C19H27N3O3S/c1-24-16-8-7-15(13-17(16)25-2)20-19(26)22-11-9-21(10-12-22)18(23)14-5-3-4-6-14/h7-8,13-14H,3-6,9-12H2,1-2H3,(H,20,26). The quantitative estimate of drug-likeness (QED) is 0.815. The zero-order valence-electron chi connectivity index (χ0n) is 15.5. The highest BCUT2D eigenvalue weighted by atomic mass is 32.1. The van der Waals surface area contributed by atoms with E-state index in [0.29, 0.717) is 22.5 Å². The van der Waals surface area contributed by atoms with E-state index in [1.807, 2.05) is 23.1 Å². The van der Waals surface area contributed by atoms with Crippen molar-refractivity contribution in [3.63, 3.8) is 0 Å². The molecule has 1 amide bonds. The Hall–Kier alpha value is -2.02. The summed E-state index contributed by atoms with van der Waals surface area (Å²) in [6.45, 7) is 3.00. The summed E-state index contributed by atoms with van der Waals surface area (Å²) >= 11 is 5.55. The maximum atomic E-state index is 12.5. The third-order valence-electron chi connectivity index (χ3n) is 5.22. The summed E-state index contributed by atoms with van der Waals surface area (Å²) in [6, 6.07) is 5.63. The van der Waals surface area contributed by atoms with Gasteiger partial charge in [0.05, 0.1) is 14.2 Å². The van der Waals surface area contributed by atoms with E-state index in [1.54, 1.807) is 14.2 Å². The number of methoxy groups -OCH3 is 2. The van der Waals surface area contributed by atoms with Gasteiger partial charge in [0.15, 0.2) is 16.6 Å². The highest BCUT2D eigenvalue weighted by molar-refractivity contribution is 7.80. The molecule has 0 aromatic heterocycles. The molecule has 3 rings (SSSR count). The van der Waals surface area contributed by atoms with Gasteiger partial charge in [0.1, 0.15) is 0 Å². The van der Waals surface area contributed by atoms with Crippen LogP contribution in [-0.4, -0.2) is 61.2 Å². The summed E-state index contributed by atoms with van der Waals surface area (Å²) < 4.78 is 10.6. The third kappa shape index (κ3) is 4.20. The molecule has 26 heavy (non-hydrogen) atoms. The number of hydrogen-bond acceptors (Lipinski definition) is 4. The normalized spacial score (nSPS) is 17.9. The second kappa shape index (κ2) is 8.58. The number of carbonyl (C=O) groups excluding carboxylic acids is 1. The number of piperazine rings is 1. The molecule has 1 heterocycles. The first-order valence-corrected chi connectivity index (χ1v) is 9.60. The number of carbonyl (C=O) groups is 1. The van der Waals surface area contributed by atoms with Crippen LogP contribution in [0.1, 0.15) is 25.7 Å². The largest absolute Gasteiger partial charge is 0.493 e. The van der Waals surface area contributed by atoms with E-state index in [0.717, 1.165) is 44.7 Å². The zero-order chi connectivity index (χ0) is 18.5. The first-order valence-electron chi connectivity index (χ1n) is 9.19. The number of nitrogens with zero attached hydrogens (tertiary/aromatic N) is 2. The van der Waals surface area contributed by atoms with Gasteiger partial charge >= 0.3 is 0 Å². The summed E-state index contributed by atoms with van der Waals surface area (Å²) in [6.07, 6.45) is 4.49. The van der Waals surface area contributed by atoms with Crippen LogP contribution in [0.2, 0.25) is 0 Å². The molecule has 0 atom stereocenters. The Morgan fingerprint density at radius 1 is 1.04 bits per heavy atom. The van der Waals surface area contributed by atoms with Crippen molar-refractivity contribution in [3.05, 3.63) is 18.2 Å². The van der Waals surface area contributed by atoms with Gasteiger partial charge in [-0.3, -0.25) is 4.79 Å². The lowest BCUT2D eigenvalue weighted by Gasteiger charge is -2.37. The van der Waals surface area contributed by atoms with Crippen LogP contribution >= 0.6 is 12.2 Å². The van der Waals surface area contributed by atoms with Crippen LogP contribution in [0.25, 0.3) is 0 Å². The van der Waals surface area contributed by atoms with Crippen molar-refractivity contribution < 1.29 is 14.3 Å². The first kappa shape index (κ1) is 18.8. The lowest BCUT2D eigenvalue weighted by Crippen LogP contribution is -2.52. The summed E-state index contributed by atoms with van der Waals surface area (Å²) in [5.74, 6) is 1.93. The molecule has 1 N–H and O–H groups in total. The van der Waals surface area contributed by atoms with Gasteiger partial charge in [-0.1, -0.05) is 12.8 Å². The lowest BCUT2D eigenvalue weighted by atomic mass is 10.1. The summed E-state index contributed by atoms with van der Waals surface area (Å²) in [7, 11) is 3.22. The molecule has 1 aromatic rings. The van der Waals surface area contributed by atoms with E-state index >= 15 is 0 Å². The van der Waals surface area contributed by atoms with E-state index in [4.69, 9.17) is 21.7 Å². The molecule has 0 unspecified atom stereocenters. The molecule has 1 saturated carbocycles. The van der Waals surface area contributed by atoms with Gasteiger partial charge in [-0.05, 0) is 37.2 Å². The maximum absolute atomic E-state index is 12.5. The van der Waals surface area contributed by atoms with Crippen LogP contribution in [0.4, 0.5) is 5.69 Å². The minimum atomic E-state index is 0.249. The molecule has 0 spiro atoms. The SMILES string of the molecule is COc1ccc(NC(=S)N2CCN(C(=O)C3CCCC3)CC2)cc1OC. The zero-order valence-corrected chi connectivity index (χ0v) is 16.3. The first-order chi connectivity index (χ1) is 12.6. The van der Waals surface area contributed by atoms with Crippen LogP contribution in [-0.2, 0) is 4.79 Å². The summed E-state index contributed by atoms with van der Waals surface area (Å²) in [5, 5.41) is 3.93. The molecule has 1 aliphatic heterocycles. The monoisotopic (exact) mass is 377 g/mol. The molecule has 0 radical (unpaired) electrons. The van der Waals surface area contributed by atoms with Crippen molar-refractivity contribution in [2.75, 3.05) is 45.7 Å². The predicted molar refractivity (Wildman–Crippen MR) is 106 cm³/mol. The fourth-order valence-corrected chi connectivity index (χ4v) is 3.98. The number of amides is 1. The highest BCUT2D eigenvalue weighted by Crippen LogP contribution is 2.30. The van der Waals surface area contributed by atoms with Gasteiger partial charge in [-0.25, -0.2) is 0 Å². The summed E-state index contributed by atoms with van der Waals surface area (Å²) in [4.78, 5) is 16.7. The Morgan fingerprint density at radius 2 is 1.65 bits per heavy atom. The lowest BCUT2D eigenvalue weighted by molar-refractivity contribution is -0.136. The Labute approximate surface area is 160 Å². The Bertz CT molecular complexity index is 653. The van der Waals surface area contributed by atoms with Crippen molar-refractivity contribution >= 4 is 28.9 Å². The molecule has 6 nitrogen and oxygen atoms in total. The Balaban J connectivity index is 1.53. The number of anilines is 1. The average molecular weight is 378 g/mol. The smallest absolute Gasteiger partial charge is 0.225 e. The molecule has 142 valence electrons. The Kier molecular flexibility index (Phi) is 6.19. The second-order valence-corrected chi connectivity index (χ2v) is 7.18. The molecular weight excluding hydrogens is 350 g/mol. The number of rotatable bonds is 4. The van der Waals surface area contributed by atoms with Gasteiger partial charge < -0.3 is 24.6 Å². The molecule has 2 aliphatic rings. The number of ether oxygens (including phenoxy) is 2. The molecule has 7 heteroatoms. The molecule has 1 aromatic carbocycles. The Morgan fingerprint density at radius 3 is 2.27 bits per heavy atom. The second-order valence-electron chi connectivity index (χ2n) is 6.79. The third-order valence-corrected chi connectivity index (χ3v) is 5.58. The maximum Gasteiger partial charge on any atom is 0.225 e. The van der Waals surface area contributed by atoms with Crippen molar-refractivity contribution in [3.8, 4) is 11.5 Å². The summed E-state index contributed by atoms with van der Waals surface area (Å²) in [5.41, 5.74) is 0.858. The molecular formula is C19H27N3O3S. The van der Waals surface area contributed by atoms with Gasteiger partial charge in [-0.15, -0.1) is 0 Å². The molecule has 0 bridgehead atoms. The van der Waals surface area contributed by atoms with E-state index in [2.05, 4.69) is 10.2 Å². The van der Waals surface area contributed by atoms with Crippen molar-refractivity contribution in [2.24, 2.45) is 5.92 Å². The molecule has 1 saturated heterocycles. The van der Waals surface area contributed by atoms with E-state index in [9.17, 15) is 4.79 Å². The van der Waals surface area contributed by atoms with E-state index < -0.39 is 0 Å². The van der Waals surface area contributed by atoms with Crippen molar-refractivity contribution in [1.82, 2.24) is 9.80 Å². The van der Waals surface area contributed by atoms with Gasteiger partial charge in [0, 0.05) is 43.9 Å². The highest BCUT2D eigenvalue weighted by Gasteiger charge is 2.29. The number of hydrogen-bond donors (Lipinski definition) is 1. The molecule has 1 aliphatic carbocycles.